The van der Waals surface area contributed by atoms with E-state index >= 15 is 0 Å². The highest BCUT2D eigenvalue weighted by Crippen LogP contribution is 2.28. The summed E-state index contributed by atoms with van der Waals surface area (Å²) in [5.41, 5.74) is 2.43. The first-order chi connectivity index (χ1) is 12.2. The fraction of sp³-hybridized carbons (Fsp3) is 0.381. The molecule has 0 unspecified atom stereocenters. The van der Waals surface area contributed by atoms with Crippen molar-refractivity contribution in [2.45, 2.75) is 32.6 Å². The molecule has 0 heterocycles. The van der Waals surface area contributed by atoms with E-state index in [0.717, 1.165) is 36.5 Å². The van der Waals surface area contributed by atoms with Crippen molar-refractivity contribution in [2.24, 2.45) is 0 Å². The average Bonchev–Trinajstić information content (AvgIpc) is 2.66. The van der Waals surface area contributed by atoms with Crippen LogP contribution >= 0.6 is 0 Å². The lowest BCUT2D eigenvalue weighted by Crippen LogP contribution is -2.09. The smallest absolute Gasteiger partial charge is 0.169 e. The van der Waals surface area contributed by atoms with Crippen LogP contribution in [0.2, 0.25) is 0 Å². The third kappa shape index (κ3) is 5.82. The first-order valence-electron chi connectivity index (χ1n) is 8.60. The summed E-state index contributed by atoms with van der Waals surface area (Å²) in [5, 5.41) is 0. The summed E-state index contributed by atoms with van der Waals surface area (Å²) in [6, 6.07) is 14.0. The molecule has 0 amide bonds. The number of hydrogen-bond acceptors (Lipinski definition) is 4. The van der Waals surface area contributed by atoms with Crippen LogP contribution in [0.4, 0.5) is 0 Å². The van der Waals surface area contributed by atoms with Crippen LogP contribution in [0.1, 0.15) is 30.9 Å². The Labute approximate surface area is 149 Å². The molecule has 0 bridgehead atoms. The van der Waals surface area contributed by atoms with Crippen molar-refractivity contribution in [3.05, 3.63) is 53.6 Å². The molecule has 0 saturated carbocycles. The van der Waals surface area contributed by atoms with Gasteiger partial charge < -0.3 is 14.2 Å². The SMILES string of the molecule is CCC(=O)COc1cccc(CCCc2ccc(OC)c(OC)c2)c1. The van der Waals surface area contributed by atoms with Crippen molar-refractivity contribution < 1.29 is 19.0 Å². The van der Waals surface area contributed by atoms with Gasteiger partial charge in [-0.3, -0.25) is 4.79 Å². The Morgan fingerprint density at radius 2 is 1.64 bits per heavy atom. The molecule has 2 aromatic rings. The van der Waals surface area contributed by atoms with Gasteiger partial charge in [-0.2, -0.15) is 0 Å². The molecule has 0 atom stereocenters. The maximum Gasteiger partial charge on any atom is 0.169 e. The number of carbonyl (C=O) groups excluding carboxylic acids is 1. The lowest BCUT2D eigenvalue weighted by molar-refractivity contribution is -0.120. The summed E-state index contributed by atoms with van der Waals surface area (Å²) in [6.07, 6.45) is 3.44. The molecule has 0 spiro atoms. The second kappa shape index (κ2) is 9.72. The van der Waals surface area contributed by atoms with E-state index in [4.69, 9.17) is 14.2 Å². The summed E-state index contributed by atoms with van der Waals surface area (Å²) < 4.78 is 16.1. The first kappa shape index (κ1) is 18.8. The van der Waals surface area contributed by atoms with Gasteiger partial charge in [-0.1, -0.05) is 25.1 Å². The molecular formula is C21H26O4. The highest BCUT2D eigenvalue weighted by atomic mass is 16.5. The standard InChI is InChI=1S/C21H26O4/c1-4-18(22)15-25-19-10-6-9-16(13-19)7-5-8-17-11-12-20(23-2)21(14-17)24-3/h6,9-14H,4-5,7-8,15H2,1-3H3. The van der Waals surface area contributed by atoms with Gasteiger partial charge in [0.25, 0.3) is 0 Å². The van der Waals surface area contributed by atoms with Gasteiger partial charge in [0.15, 0.2) is 17.3 Å². The average molecular weight is 342 g/mol. The molecule has 25 heavy (non-hydrogen) atoms. The number of ether oxygens (including phenoxy) is 3. The zero-order chi connectivity index (χ0) is 18.1. The van der Waals surface area contributed by atoms with E-state index in [2.05, 4.69) is 12.1 Å². The summed E-state index contributed by atoms with van der Waals surface area (Å²) in [4.78, 5) is 11.4. The van der Waals surface area contributed by atoms with E-state index < -0.39 is 0 Å². The monoisotopic (exact) mass is 342 g/mol. The fourth-order valence-electron chi connectivity index (χ4n) is 2.59. The van der Waals surface area contributed by atoms with Gasteiger partial charge in [0, 0.05) is 6.42 Å². The van der Waals surface area contributed by atoms with E-state index in [9.17, 15) is 4.79 Å². The minimum Gasteiger partial charge on any atom is -0.493 e. The number of methoxy groups -OCH3 is 2. The topological polar surface area (TPSA) is 44.8 Å². The van der Waals surface area contributed by atoms with Crippen LogP contribution in [-0.2, 0) is 17.6 Å². The Morgan fingerprint density at radius 3 is 2.32 bits per heavy atom. The van der Waals surface area contributed by atoms with Gasteiger partial charge in [0.2, 0.25) is 0 Å². The second-order valence-electron chi connectivity index (χ2n) is 5.87. The molecule has 2 aromatic carbocycles. The lowest BCUT2D eigenvalue weighted by Gasteiger charge is -2.10. The number of Topliss-reactive ketones (excluding diaryl/α,β-unsaturated/α-hetero) is 1. The summed E-state index contributed by atoms with van der Waals surface area (Å²) >= 11 is 0. The van der Waals surface area contributed by atoms with Gasteiger partial charge in [-0.15, -0.1) is 0 Å². The highest BCUT2D eigenvalue weighted by molar-refractivity contribution is 5.79. The van der Waals surface area contributed by atoms with E-state index in [-0.39, 0.29) is 12.4 Å². The molecule has 4 nitrogen and oxygen atoms in total. The van der Waals surface area contributed by atoms with Crippen molar-refractivity contribution >= 4 is 5.78 Å². The number of carbonyl (C=O) groups is 1. The molecule has 0 aromatic heterocycles. The van der Waals surface area contributed by atoms with Gasteiger partial charge in [-0.05, 0) is 54.7 Å². The van der Waals surface area contributed by atoms with Gasteiger partial charge in [0.1, 0.15) is 12.4 Å². The third-order valence-corrected chi connectivity index (χ3v) is 4.07. The Kier molecular flexibility index (Phi) is 7.33. The predicted octanol–water partition coefficient (Wildman–Crippen LogP) is 4.24. The van der Waals surface area contributed by atoms with Crippen LogP contribution in [0.5, 0.6) is 17.2 Å². The van der Waals surface area contributed by atoms with Crippen LogP contribution in [0.25, 0.3) is 0 Å². The molecule has 0 radical (unpaired) electrons. The van der Waals surface area contributed by atoms with Gasteiger partial charge in [-0.25, -0.2) is 0 Å². The summed E-state index contributed by atoms with van der Waals surface area (Å²) in [5.74, 6) is 2.37. The molecule has 4 heteroatoms. The summed E-state index contributed by atoms with van der Waals surface area (Å²) in [7, 11) is 3.29. The van der Waals surface area contributed by atoms with E-state index in [1.54, 1.807) is 14.2 Å². The van der Waals surface area contributed by atoms with Crippen LogP contribution in [0.3, 0.4) is 0 Å². The van der Waals surface area contributed by atoms with Crippen molar-refractivity contribution in [1.29, 1.82) is 0 Å². The van der Waals surface area contributed by atoms with Crippen molar-refractivity contribution in [2.75, 3.05) is 20.8 Å². The Bertz CT molecular complexity index is 694. The maximum atomic E-state index is 11.4. The molecule has 0 aliphatic rings. The van der Waals surface area contributed by atoms with Crippen LogP contribution < -0.4 is 14.2 Å². The molecule has 0 N–H and O–H groups in total. The number of ketones is 1. The van der Waals surface area contributed by atoms with Crippen LogP contribution in [0.15, 0.2) is 42.5 Å². The van der Waals surface area contributed by atoms with Crippen molar-refractivity contribution in [1.82, 2.24) is 0 Å². The highest BCUT2D eigenvalue weighted by Gasteiger charge is 2.05. The number of hydrogen-bond donors (Lipinski definition) is 0. The fourth-order valence-corrected chi connectivity index (χ4v) is 2.59. The molecule has 134 valence electrons. The summed E-state index contributed by atoms with van der Waals surface area (Å²) in [6.45, 7) is 1.99. The Morgan fingerprint density at radius 1 is 0.920 bits per heavy atom. The Hall–Kier alpha value is -2.49. The van der Waals surface area contributed by atoms with E-state index in [1.165, 1.54) is 11.1 Å². The number of rotatable bonds is 10. The van der Waals surface area contributed by atoms with Gasteiger partial charge in [0.05, 0.1) is 14.2 Å². The lowest BCUT2D eigenvalue weighted by atomic mass is 10.0. The third-order valence-electron chi connectivity index (χ3n) is 4.07. The van der Waals surface area contributed by atoms with Crippen LogP contribution in [-0.4, -0.2) is 26.6 Å². The molecule has 0 aliphatic heterocycles. The minimum atomic E-state index is 0.110. The van der Waals surface area contributed by atoms with E-state index in [0.29, 0.717) is 6.42 Å². The van der Waals surface area contributed by atoms with Gasteiger partial charge >= 0.3 is 0 Å². The van der Waals surface area contributed by atoms with Crippen molar-refractivity contribution in [3.63, 3.8) is 0 Å². The number of benzene rings is 2. The molecule has 2 rings (SSSR count). The van der Waals surface area contributed by atoms with Crippen molar-refractivity contribution in [3.8, 4) is 17.2 Å². The molecule has 0 saturated heterocycles. The first-order valence-corrected chi connectivity index (χ1v) is 8.60. The molecular weight excluding hydrogens is 316 g/mol. The quantitative estimate of drug-likeness (QED) is 0.648. The normalized spacial score (nSPS) is 10.4. The minimum absolute atomic E-state index is 0.110. The molecule has 0 fully saturated rings. The zero-order valence-electron chi connectivity index (χ0n) is 15.2. The zero-order valence-corrected chi connectivity index (χ0v) is 15.2. The Balaban J connectivity index is 1.88. The van der Waals surface area contributed by atoms with Crippen LogP contribution in [0, 0.1) is 0 Å². The van der Waals surface area contributed by atoms with E-state index in [1.807, 2.05) is 37.3 Å². The largest absolute Gasteiger partial charge is 0.493 e. The predicted molar refractivity (Wildman–Crippen MR) is 98.8 cm³/mol. The maximum absolute atomic E-state index is 11.4. The number of aryl methyl sites for hydroxylation is 2. The second-order valence-corrected chi connectivity index (χ2v) is 5.87. The molecule has 0 aliphatic carbocycles.